The van der Waals surface area contributed by atoms with Gasteiger partial charge in [-0.3, -0.25) is 14.4 Å². The molecule has 25 heavy (non-hydrogen) atoms. The molecular weight excluding hydrogens is 318 g/mol. The highest BCUT2D eigenvalue weighted by molar-refractivity contribution is 5.92. The first-order chi connectivity index (χ1) is 11.8. The number of hydrogen-bond donors (Lipinski definition) is 3. The smallest absolute Gasteiger partial charge is 0.243 e. The monoisotopic (exact) mass is 347 g/mol. The summed E-state index contributed by atoms with van der Waals surface area (Å²) in [6.45, 7) is 7.87. The molecule has 3 amide bonds. The lowest BCUT2D eigenvalue weighted by atomic mass is 10.0. The van der Waals surface area contributed by atoms with Crippen LogP contribution in [0, 0.1) is 5.92 Å². The second-order valence-corrected chi connectivity index (χ2v) is 6.47. The fourth-order valence-electron chi connectivity index (χ4n) is 2.31. The van der Waals surface area contributed by atoms with E-state index in [-0.39, 0.29) is 30.1 Å². The van der Waals surface area contributed by atoms with Gasteiger partial charge in [0.1, 0.15) is 12.1 Å². The lowest BCUT2D eigenvalue weighted by Gasteiger charge is -2.24. The van der Waals surface area contributed by atoms with Crippen molar-refractivity contribution < 1.29 is 14.4 Å². The fourth-order valence-corrected chi connectivity index (χ4v) is 2.31. The molecule has 3 N–H and O–H groups in total. The summed E-state index contributed by atoms with van der Waals surface area (Å²) in [7, 11) is 0. The van der Waals surface area contributed by atoms with Crippen LogP contribution in [-0.2, 0) is 20.8 Å². The zero-order chi connectivity index (χ0) is 18.8. The van der Waals surface area contributed by atoms with Crippen LogP contribution in [0.3, 0.4) is 0 Å². The third kappa shape index (κ3) is 7.37. The number of carbonyl (C=O) groups excluding carboxylic acids is 3. The van der Waals surface area contributed by atoms with Crippen molar-refractivity contribution in [2.45, 2.75) is 52.6 Å². The number of hydrogen-bond acceptors (Lipinski definition) is 3. The number of benzene rings is 1. The summed E-state index contributed by atoms with van der Waals surface area (Å²) in [5.74, 6) is -0.891. The first-order valence-corrected chi connectivity index (χ1v) is 8.76. The minimum absolute atomic E-state index is 0.0920. The maximum Gasteiger partial charge on any atom is 0.243 e. The molecule has 0 saturated carbocycles. The molecule has 0 bridgehead atoms. The number of nitrogens with one attached hydrogen (secondary N) is 3. The molecule has 0 radical (unpaired) electrons. The summed E-state index contributed by atoms with van der Waals surface area (Å²) in [5.41, 5.74) is 0.884. The molecule has 138 valence electrons. The summed E-state index contributed by atoms with van der Waals surface area (Å²) in [6.07, 6.45) is 1.04. The van der Waals surface area contributed by atoms with Gasteiger partial charge < -0.3 is 16.0 Å². The summed E-state index contributed by atoms with van der Waals surface area (Å²) in [5, 5.41) is 8.18. The molecule has 6 heteroatoms. The third-order valence-electron chi connectivity index (χ3n) is 3.77. The molecule has 0 heterocycles. The van der Waals surface area contributed by atoms with Crippen molar-refractivity contribution in [2.75, 3.05) is 6.54 Å². The van der Waals surface area contributed by atoms with Gasteiger partial charge in [0, 0.05) is 6.54 Å². The molecule has 1 rings (SSSR count). The van der Waals surface area contributed by atoms with E-state index in [0.717, 1.165) is 12.0 Å². The second-order valence-electron chi connectivity index (χ2n) is 6.47. The van der Waals surface area contributed by atoms with Crippen molar-refractivity contribution >= 4 is 17.7 Å². The Bertz CT molecular complexity index is 573. The lowest BCUT2D eigenvalue weighted by Crippen LogP contribution is -2.54. The number of carbonyl (C=O) groups is 3. The average molecular weight is 347 g/mol. The van der Waals surface area contributed by atoms with Crippen LogP contribution in [0.15, 0.2) is 30.3 Å². The van der Waals surface area contributed by atoms with E-state index in [9.17, 15) is 14.4 Å². The summed E-state index contributed by atoms with van der Waals surface area (Å²) < 4.78 is 0. The standard InChI is InChI=1S/C19H29N3O3/c1-5-11-20-18(24)14(4)21-19(25)17(13(2)3)22-16(23)12-15-9-7-6-8-10-15/h6-10,13-14,17H,5,11-12H2,1-4H3,(H,20,24)(H,21,25)(H,22,23)/t14-,17+/m1/s1. The van der Waals surface area contributed by atoms with E-state index >= 15 is 0 Å². The first-order valence-electron chi connectivity index (χ1n) is 8.76. The van der Waals surface area contributed by atoms with Crippen molar-refractivity contribution in [2.24, 2.45) is 5.92 Å². The molecule has 0 saturated heterocycles. The Morgan fingerprint density at radius 3 is 2.16 bits per heavy atom. The zero-order valence-electron chi connectivity index (χ0n) is 15.5. The van der Waals surface area contributed by atoms with E-state index < -0.39 is 12.1 Å². The SMILES string of the molecule is CCCNC(=O)[C@@H](C)NC(=O)[C@@H](NC(=O)Cc1ccccc1)C(C)C. The minimum Gasteiger partial charge on any atom is -0.354 e. The van der Waals surface area contributed by atoms with E-state index in [2.05, 4.69) is 16.0 Å². The maximum atomic E-state index is 12.5. The van der Waals surface area contributed by atoms with E-state index in [0.29, 0.717) is 6.54 Å². The first kappa shape index (κ1) is 20.7. The van der Waals surface area contributed by atoms with Gasteiger partial charge in [-0.1, -0.05) is 51.1 Å². The Labute approximate surface area is 149 Å². The molecule has 0 aromatic heterocycles. The molecule has 0 fully saturated rings. The van der Waals surface area contributed by atoms with E-state index in [1.807, 2.05) is 51.1 Å². The van der Waals surface area contributed by atoms with Crippen molar-refractivity contribution in [1.82, 2.24) is 16.0 Å². The fraction of sp³-hybridized carbons (Fsp3) is 0.526. The zero-order valence-corrected chi connectivity index (χ0v) is 15.5. The van der Waals surface area contributed by atoms with Crippen LogP contribution in [0.25, 0.3) is 0 Å². The Balaban J connectivity index is 2.61. The topological polar surface area (TPSA) is 87.3 Å². The molecular formula is C19H29N3O3. The minimum atomic E-state index is -0.683. The average Bonchev–Trinajstić information content (AvgIpc) is 2.57. The van der Waals surface area contributed by atoms with Crippen LogP contribution in [0.1, 0.15) is 39.7 Å². The molecule has 6 nitrogen and oxygen atoms in total. The van der Waals surface area contributed by atoms with Gasteiger partial charge in [0.05, 0.1) is 6.42 Å². The molecule has 0 spiro atoms. The molecule has 0 aliphatic carbocycles. The van der Waals surface area contributed by atoms with E-state index in [1.165, 1.54) is 0 Å². The Morgan fingerprint density at radius 1 is 0.960 bits per heavy atom. The van der Waals surface area contributed by atoms with Crippen molar-refractivity contribution in [3.8, 4) is 0 Å². The molecule has 1 aromatic rings. The highest BCUT2D eigenvalue weighted by Gasteiger charge is 2.26. The van der Waals surface area contributed by atoms with Crippen LogP contribution in [0.2, 0.25) is 0 Å². The van der Waals surface area contributed by atoms with E-state index in [4.69, 9.17) is 0 Å². The second kappa shape index (κ2) is 10.5. The summed E-state index contributed by atoms with van der Waals surface area (Å²) in [4.78, 5) is 36.6. The quantitative estimate of drug-likeness (QED) is 0.631. The Hall–Kier alpha value is -2.37. The maximum absolute atomic E-state index is 12.5. The molecule has 0 aliphatic rings. The predicted octanol–water partition coefficient (Wildman–Crippen LogP) is 1.40. The van der Waals surface area contributed by atoms with Gasteiger partial charge in [-0.05, 0) is 24.8 Å². The summed E-state index contributed by atoms with van der Waals surface area (Å²) in [6, 6.07) is 8.02. The largest absolute Gasteiger partial charge is 0.354 e. The Morgan fingerprint density at radius 2 is 1.60 bits per heavy atom. The summed E-state index contributed by atoms with van der Waals surface area (Å²) >= 11 is 0. The molecule has 0 aliphatic heterocycles. The van der Waals surface area contributed by atoms with Gasteiger partial charge in [-0.15, -0.1) is 0 Å². The molecule has 1 aromatic carbocycles. The number of rotatable bonds is 9. The van der Waals surface area contributed by atoms with Crippen molar-refractivity contribution in [3.05, 3.63) is 35.9 Å². The van der Waals surface area contributed by atoms with Crippen LogP contribution in [0.4, 0.5) is 0 Å². The highest BCUT2D eigenvalue weighted by atomic mass is 16.2. The molecule has 0 unspecified atom stereocenters. The third-order valence-corrected chi connectivity index (χ3v) is 3.77. The van der Waals surface area contributed by atoms with E-state index in [1.54, 1.807) is 6.92 Å². The Kier molecular flexibility index (Phi) is 8.67. The lowest BCUT2D eigenvalue weighted by molar-refractivity contribution is -0.132. The van der Waals surface area contributed by atoms with Gasteiger partial charge >= 0.3 is 0 Å². The van der Waals surface area contributed by atoms with Gasteiger partial charge in [-0.2, -0.15) is 0 Å². The normalized spacial score (nSPS) is 13.0. The van der Waals surface area contributed by atoms with Gasteiger partial charge in [-0.25, -0.2) is 0 Å². The van der Waals surface area contributed by atoms with Gasteiger partial charge in [0.2, 0.25) is 17.7 Å². The molecule has 2 atom stereocenters. The number of amides is 3. The predicted molar refractivity (Wildman–Crippen MR) is 97.8 cm³/mol. The van der Waals surface area contributed by atoms with Gasteiger partial charge in [0.25, 0.3) is 0 Å². The van der Waals surface area contributed by atoms with Crippen LogP contribution in [0.5, 0.6) is 0 Å². The van der Waals surface area contributed by atoms with Crippen LogP contribution in [-0.4, -0.2) is 36.3 Å². The van der Waals surface area contributed by atoms with Gasteiger partial charge in [0.15, 0.2) is 0 Å². The van der Waals surface area contributed by atoms with Crippen molar-refractivity contribution in [1.29, 1.82) is 0 Å². The van der Waals surface area contributed by atoms with Crippen LogP contribution < -0.4 is 16.0 Å². The van der Waals surface area contributed by atoms with Crippen LogP contribution >= 0.6 is 0 Å². The van der Waals surface area contributed by atoms with Crippen molar-refractivity contribution in [3.63, 3.8) is 0 Å². The highest BCUT2D eigenvalue weighted by Crippen LogP contribution is 2.05.